The molecule has 3 heterocycles. The van der Waals surface area contributed by atoms with E-state index < -0.39 is 15.8 Å². The molecule has 1 aliphatic heterocycles. The van der Waals surface area contributed by atoms with Gasteiger partial charge in [-0.15, -0.1) is 0 Å². The van der Waals surface area contributed by atoms with Gasteiger partial charge in [-0.2, -0.15) is 4.98 Å². The van der Waals surface area contributed by atoms with Gasteiger partial charge >= 0.3 is 5.76 Å². The number of rotatable bonds is 6. The average Bonchev–Trinajstić information content (AvgIpc) is 3.13. The number of benzene rings is 2. The van der Waals surface area contributed by atoms with Gasteiger partial charge in [0.1, 0.15) is 5.82 Å². The SMILES string of the molecule is Cc1cc(Nc2ccc(NS(=O)(=O)c3ccc4oc(=O)n(C)c4c3)cc2)nc(N2CCOCC2)n1. The van der Waals surface area contributed by atoms with Gasteiger partial charge < -0.3 is 19.4 Å². The van der Waals surface area contributed by atoms with Crippen LogP contribution in [0.5, 0.6) is 0 Å². The highest BCUT2D eigenvalue weighted by Gasteiger charge is 2.18. The molecule has 0 radical (unpaired) electrons. The highest BCUT2D eigenvalue weighted by atomic mass is 32.2. The minimum Gasteiger partial charge on any atom is -0.408 e. The number of sulfonamides is 1. The van der Waals surface area contributed by atoms with E-state index in [1.807, 2.05) is 13.0 Å². The largest absolute Gasteiger partial charge is 0.419 e. The lowest BCUT2D eigenvalue weighted by molar-refractivity contribution is 0.122. The number of hydrogen-bond acceptors (Lipinski definition) is 9. The van der Waals surface area contributed by atoms with Crippen LogP contribution >= 0.6 is 0 Å². The zero-order valence-corrected chi connectivity index (χ0v) is 20.0. The molecule has 0 atom stereocenters. The first-order chi connectivity index (χ1) is 16.8. The van der Waals surface area contributed by atoms with Gasteiger partial charge in [-0.1, -0.05) is 0 Å². The summed E-state index contributed by atoms with van der Waals surface area (Å²) in [7, 11) is -2.35. The minimum absolute atomic E-state index is 0.0238. The fourth-order valence-electron chi connectivity index (χ4n) is 3.78. The van der Waals surface area contributed by atoms with Crippen LogP contribution in [0.4, 0.5) is 23.1 Å². The lowest BCUT2D eigenvalue weighted by Crippen LogP contribution is -2.37. The molecule has 12 heteroatoms. The Kier molecular flexibility index (Phi) is 5.91. The predicted octanol–water partition coefficient (Wildman–Crippen LogP) is 2.61. The zero-order valence-electron chi connectivity index (χ0n) is 19.2. The molecule has 1 fully saturated rings. The second-order valence-electron chi connectivity index (χ2n) is 8.16. The lowest BCUT2D eigenvalue weighted by atomic mass is 10.3. The van der Waals surface area contributed by atoms with Gasteiger partial charge in [0, 0.05) is 43.3 Å². The Morgan fingerprint density at radius 1 is 0.971 bits per heavy atom. The fraction of sp³-hybridized carbons (Fsp3) is 0.261. The van der Waals surface area contributed by atoms with Crippen LogP contribution in [-0.2, 0) is 21.8 Å². The van der Waals surface area contributed by atoms with Crippen molar-refractivity contribution < 1.29 is 17.6 Å². The highest BCUT2D eigenvalue weighted by Crippen LogP contribution is 2.24. The Morgan fingerprint density at radius 3 is 2.43 bits per heavy atom. The molecule has 182 valence electrons. The van der Waals surface area contributed by atoms with E-state index in [2.05, 4.69) is 24.9 Å². The fourth-order valence-corrected chi connectivity index (χ4v) is 4.86. The highest BCUT2D eigenvalue weighted by molar-refractivity contribution is 7.92. The summed E-state index contributed by atoms with van der Waals surface area (Å²) in [6, 6.07) is 12.9. The first-order valence-electron chi connectivity index (χ1n) is 11.0. The molecule has 1 saturated heterocycles. The monoisotopic (exact) mass is 496 g/mol. The number of nitrogens with zero attached hydrogens (tertiary/aromatic N) is 4. The number of morpholine rings is 1. The maximum absolute atomic E-state index is 12.9. The van der Waals surface area contributed by atoms with Gasteiger partial charge in [-0.25, -0.2) is 18.2 Å². The molecule has 0 saturated carbocycles. The average molecular weight is 497 g/mol. The van der Waals surface area contributed by atoms with E-state index in [1.54, 1.807) is 24.3 Å². The van der Waals surface area contributed by atoms with Crippen LogP contribution in [0.25, 0.3) is 11.1 Å². The van der Waals surface area contributed by atoms with Crippen LogP contribution in [0.1, 0.15) is 5.69 Å². The van der Waals surface area contributed by atoms with E-state index in [9.17, 15) is 13.2 Å². The van der Waals surface area contributed by atoms with Crippen LogP contribution in [0, 0.1) is 6.92 Å². The van der Waals surface area contributed by atoms with Crippen molar-refractivity contribution in [2.45, 2.75) is 11.8 Å². The van der Waals surface area contributed by atoms with Crippen molar-refractivity contribution in [1.82, 2.24) is 14.5 Å². The third-order valence-corrected chi connectivity index (χ3v) is 7.00. The van der Waals surface area contributed by atoms with Crippen LogP contribution in [-0.4, -0.2) is 49.3 Å². The summed E-state index contributed by atoms with van der Waals surface area (Å²) in [5.74, 6) is 0.736. The molecule has 2 N–H and O–H groups in total. The number of hydrogen-bond donors (Lipinski definition) is 2. The summed E-state index contributed by atoms with van der Waals surface area (Å²) in [4.78, 5) is 22.9. The Bertz CT molecular complexity index is 1540. The van der Waals surface area contributed by atoms with Crippen molar-refractivity contribution >= 4 is 44.3 Å². The molecule has 0 unspecified atom stereocenters. The Labute approximate surface area is 201 Å². The predicted molar refractivity (Wildman–Crippen MR) is 132 cm³/mol. The summed E-state index contributed by atoms with van der Waals surface area (Å²) >= 11 is 0. The van der Waals surface area contributed by atoms with Crippen LogP contribution in [0.15, 0.2) is 62.6 Å². The van der Waals surface area contributed by atoms with Gasteiger partial charge in [-0.05, 0) is 49.4 Å². The van der Waals surface area contributed by atoms with E-state index in [1.165, 1.54) is 29.8 Å². The Balaban J connectivity index is 1.31. The van der Waals surface area contributed by atoms with Crippen molar-refractivity contribution in [3.63, 3.8) is 0 Å². The van der Waals surface area contributed by atoms with E-state index in [4.69, 9.17) is 9.15 Å². The van der Waals surface area contributed by atoms with Crippen molar-refractivity contribution in [2.24, 2.45) is 7.05 Å². The number of anilines is 4. The van der Waals surface area contributed by atoms with Gasteiger partial charge in [0.2, 0.25) is 5.95 Å². The topological polar surface area (TPSA) is 132 Å². The molecule has 4 aromatic rings. The summed E-state index contributed by atoms with van der Waals surface area (Å²) in [5.41, 5.74) is 2.69. The number of ether oxygens (including phenoxy) is 1. The van der Waals surface area contributed by atoms with Crippen LogP contribution in [0.2, 0.25) is 0 Å². The Hall–Kier alpha value is -3.90. The van der Waals surface area contributed by atoms with Gasteiger partial charge in [0.15, 0.2) is 5.58 Å². The quantitative estimate of drug-likeness (QED) is 0.413. The normalized spacial score (nSPS) is 14.3. The number of nitrogens with one attached hydrogen (secondary N) is 2. The van der Waals surface area contributed by atoms with Crippen molar-refractivity contribution in [3.8, 4) is 0 Å². The number of oxazole rings is 1. The maximum Gasteiger partial charge on any atom is 0.419 e. The molecule has 11 nitrogen and oxygen atoms in total. The summed E-state index contributed by atoms with van der Waals surface area (Å²) in [6.07, 6.45) is 0. The molecule has 1 aliphatic rings. The number of fused-ring (bicyclic) bond motifs is 1. The van der Waals surface area contributed by atoms with Gasteiger partial charge in [0.05, 0.1) is 23.6 Å². The second-order valence-corrected chi connectivity index (χ2v) is 9.84. The molecule has 0 bridgehead atoms. The third-order valence-electron chi connectivity index (χ3n) is 5.62. The van der Waals surface area contributed by atoms with E-state index in [0.717, 1.165) is 24.5 Å². The zero-order chi connectivity index (χ0) is 24.6. The van der Waals surface area contributed by atoms with E-state index in [0.29, 0.717) is 41.8 Å². The summed E-state index contributed by atoms with van der Waals surface area (Å²) in [5, 5.41) is 3.25. The number of aromatic nitrogens is 3. The molecule has 35 heavy (non-hydrogen) atoms. The van der Waals surface area contributed by atoms with Gasteiger partial charge in [0.25, 0.3) is 10.0 Å². The summed E-state index contributed by atoms with van der Waals surface area (Å²) in [6.45, 7) is 4.67. The second kappa shape index (κ2) is 9.04. The standard InChI is InChI=1S/C23H24N6O5S/c1-15-13-21(26-22(24-15)29-9-11-33-12-10-29)25-16-3-5-17(6-4-16)27-35(31,32)18-7-8-20-19(14-18)28(2)23(30)34-20/h3-8,13-14,27H,9-12H2,1-2H3,(H,24,25,26). The molecule has 0 aliphatic carbocycles. The number of aryl methyl sites for hydroxylation is 2. The van der Waals surface area contributed by atoms with Crippen LogP contribution < -0.4 is 20.7 Å². The maximum atomic E-state index is 12.9. The van der Waals surface area contributed by atoms with E-state index >= 15 is 0 Å². The van der Waals surface area contributed by atoms with E-state index in [-0.39, 0.29) is 4.90 Å². The van der Waals surface area contributed by atoms with Crippen LogP contribution in [0.3, 0.4) is 0 Å². The Morgan fingerprint density at radius 2 is 1.69 bits per heavy atom. The van der Waals surface area contributed by atoms with Gasteiger partial charge in [-0.3, -0.25) is 9.29 Å². The summed E-state index contributed by atoms with van der Waals surface area (Å²) < 4.78 is 40.1. The molecule has 0 spiro atoms. The molecule has 2 aromatic carbocycles. The lowest BCUT2D eigenvalue weighted by Gasteiger charge is -2.27. The van der Waals surface area contributed by atoms with Crippen molar-refractivity contribution in [3.05, 3.63) is 64.8 Å². The first kappa shape index (κ1) is 22.9. The molecular weight excluding hydrogens is 472 g/mol. The van der Waals surface area contributed by atoms with Crippen molar-refractivity contribution in [2.75, 3.05) is 41.2 Å². The molecule has 0 amide bonds. The first-order valence-corrected chi connectivity index (χ1v) is 12.4. The van der Waals surface area contributed by atoms with Crippen molar-refractivity contribution in [1.29, 1.82) is 0 Å². The smallest absolute Gasteiger partial charge is 0.408 e. The third kappa shape index (κ3) is 4.84. The molecule has 5 rings (SSSR count). The molecular formula is C23H24N6O5S. The minimum atomic E-state index is -3.87. The molecule has 2 aromatic heterocycles.